The first-order valence-corrected chi connectivity index (χ1v) is 9.64. The fraction of sp³-hybridized carbons (Fsp3) is 0.409. The summed E-state index contributed by atoms with van der Waals surface area (Å²) in [5.41, 5.74) is 4.92. The van der Waals surface area contributed by atoms with Crippen LogP contribution < -0.4 is 5.32 Å². The van der Waals surface area contributed by atoms with Crippen molar-refractivity contribution in [3.63, 3.8) is 0 Å². The molecule has 4 rings (SSSR count). The van der Waals surface area contributed by atoms with Gasteiger partial charge in [-0.05, 0) is 55.5 Å². The van der Waals surface area contributed by atoms with Crippen molar-refractivity contribution < 1.29 is 4.79 Å². The molecule has 0 aromatic heterocycles. The predicted octanol–water partition coefficient (Wildman–Crippen LogP) is 4.09. The van der Waals surface area contributed by atoms with E-state index >= 15 is 0 Å². The monoisotopic (exact) mass is 349 g/mol. The Hall–Kier alpha value is -2.33. The van der Waals surface area contributed by atoms with Crippen molar-refractivity contribution in [2.75, 3.05) is 32.0 Å². The van der Waals surface area contributed by atoms with Crippen LogP contribution in [-0.4, -0.2) is 42.5 Å². The minimum atomic E-state index is 0.0194. The Balaban J connectivity index is 1.57. The molecule has 0 saturated carbocycles. The molecule has 0 unspecified atom stereocenters. The van der Waals surface area contributed by atoms with E-state index in [0.717, 1.165) is 38.2 Å². The summed E-state index contributed by atoms with van der Waals surface area (Å²) in [6.07, 6.45) is 4.65. The number of benzene rings is 2. The van der Waals surface area contributed by atoms with Gasteiger partial charge in [-0.15, -0.1) is 0 Å². The largest absolute Gasteiger partial charge is 0.322 e. The predicted molar refractivity (Wildman–Crippen MR) is 105 cm³/mol. The van der Waals surface area contributed by atoms with E-state index in [1.807, 2.05) is 23.1 Å². The van der Waals surface area contributed by atoms with Crippen molar-refractivity contribution in [1.29, 1.82) is 0 Å². The summed E-state index contributed by atoms with van der Waals surface area (Å²) in [6, 6.07) is 16.8. The number of hydrogen-bond donors (Lipinski definition) is 1. The van der Waals surface area contributed by atoms with Gasteiger partial charge in [-0.1, -0.05) is 42.5 Å². The van der Waals surface area contributed by atoms with Gasteiger partial charge in [0.1, 0.15) is 0 Å². The SMILES string of the molecule is CN1CCN(C(=O)Nc2cccc3c2CCCC3)[C@H](c2ccccc2)C1. The molecule has 4 nitrogen and oxygen atoms in total. The number of carbonyl (C=O) groups excluding carboxylic acids is 1. The van der Waals surface area contributed by atoms with Crippen LogP contribution in [0.25, 0.3) is 0 Å². The lowest BCUT2D eigenvalue weighted by atomic mass is 9.90. The number of anilines is 1. The molecule has 2 aromatic carbocycles. The number of carbonyl (C=O) groups is 1. The molecule has 2 aromatic rings. The molecular formula is C22H27N3O. The van der Waals surface area contributed by atoms with Crippen molar-refractivity contribution in [2.45, 2.75) is 31.7 Å². The zero-order chi connectivity index (χ0) is 17.9. The lowest BCUT2D eigenvalue weighted by Crippen LogP contribution is -2.50. The number of likely N-dealkylation sites (N-methyl/N-ethyl adjacent to an activating group) is 1. The smallest absolute Gasteiger partial charge is 0.315 e. The topological polar surface area (TPSA) is 35.6 Å². The summed E-state index contributed by atoms with van der Waals surface area (Å²) in [7, 11) is 2.12. The summed E-state index contributed by atoms with van der Waals surface area (Å²) in [4.78, 5) is 17.4. The first kappa shape index (κ1) is 17.1. The zero-order valence-electron chi connectivity index (χ0n) is 15.4. The van der Waals surface area contributed by atoms with Gasteiger partial charge in [-0.3, -0.25) is 0 Å². The standard InChI is InChI=1S/C22H27N3O/c1-24-14-15-25(21(16-24)18-9-3-2-4-10-18)22(26)23-20-13-7-11-17-8-5-6-12-19(17)20/h2-4,7,9-11,13,21H,5-6,8,12,14-16H2,1H3,(H,23,26)/t21-/m0/s1. The number of amides is 2. The van der Waals surface area contributed by atoms with Crippen molar-refractivity contribution in [2.24, 2.45) is 0 Å². The van der Waals surface area contributed by atoms with E-state index in [9.17, 15) is 4.79 Å². The fourth-order valence-electron chi connectivity index (χ4n) is 4.21. The van der Waals surface area contributed by atoms with E-state index in [2.05, 4.69) is 47.6 Å². The van der Waals surface area contributed by atoms with Gasteiger partial charge < -0.3 is 15.1 Å². The summed E-state index contributed by atoms with van der Waals surface area (Å²) in [5, 5.41) is 3.22. The van der Waals surface area contributed by atoms with Crippen molar-refractivity contribution in [1.82, 2.24) is 9.80 Å². The van der Waals surface area contributed by atoms with Gasteiger partial charge in [0, 0.05) is 25.3 Å². The maximum absolute atomic E-state index is 13.1. The summed E-state index contributed by atoms with van der Waals surface area (Å²) in [5.74, 6) is 0. The highest BCUT2D eigenvalue weighted by Gasteiger charge is 2.30. The number of rotatable bonds is 2. The highest BCUT2D eigenvalue weighted by molar-refractivity contribution is 5.91. The van der Waals surface area contributed by atoms with Crippen molar-refractivity contribution in [3.8, 4) is 0 Å². The van der Waals surface area contributed by atoms with Crippen LogP contribution in [0, 0.1) is 0 Å². The molecule has 1 aliphatic heterocycles. The second-order valence-electron chi connectivity index (χ2n) is 7.46. The van der Waals surface area contributed by atoms with Gasteiger partial charge in [0.15, 0.2) is 0 Å². The van der Waals surface area contributed by atoms with Crippen LogP contribution in [0.15, 0.2) is 48.5 Å². The third-order valence-corrected chi connectivity index (χ3v) is 5.67. The Morgan fingerprint density at radius 3 is 2.65 bits per heavy atom. The zero-order valence-corrected chi connectivity index (χ0v) is 15.4. The number of piperazine rings is 1. The average Bonchev–Trinajstić information content (AvgIpc) is 2.69. The van der Waals surface area contributed by atoms with Crippen LogP contribution in [0.3, 0.4) is 0 Å². The van der Waals surface area contributed by atoms with Crippen LogP contribution in [0.1, 0.15) is 35.6 Å². The summed E-state index contributed by atoms with van der Waals surface area (Å²) in [6.45, 7) is 2.52. The van der Waals surface area contributed by atoms with E-state index in [4.69, 9.17) is 0 Å². The Bertz CT molecular complexity index is 774. The van der Waals surface area contributed by atoms with Gasteiger partial charge in [0.05, 0.1) is 6.04 Å². The second kappa shape index (κ2) is 7.50. The molecule has 4 heteroatoms. The Labute approximate surface area is 155 Å². The molecule has 0 bridgehead atoms. The van der Waals surface area contributed by atoms with Gasteiger partial charge in [0.25, 0.3) is 0 Å². The molecule has 2 amide bonds. The molecule has 1 saturated heterocycles. The Morgan fingerprint density at radius 2 is 1.81 bits per heavy atom. The lowest BCUT2D eigenvalue weighted by molar-refractivity contribution is 0.116. The molecule has 1 heterocycles. The average molecular weight is 349 g/mol. The van der Waals surface area contributed by atoms with Crippen molar-refractivity contribution >= 4 is 11.7 Å². The van der Waals surface area contributed by atoms with Gasteiger partial charge >= 0.3 is 6.03 Å². The highest BCUT2D eigenvalue weighted by Crippen LogP contribution is 2.30. The number of urea groups is 1. The second-order valence-corrected chi connectivity index (χ2v) is 7.46. The first-order valence-electron chi connectivity index (χ1n) is 9.64. The number of fused-ring (bicyclic) bond motifs is 1. The van der Waals surface area contributed by atoms with E-state index < -0.39 is 0 Å². The van der Waals surface area contributed by atoms with Crippen LogP contribution in [0.4, 0.5) is 10.5 Å². The van der Waals surface area contributed by atoms with Crippen LogP contribution in [-0.2, 0) is 12.8 Å². The fourth-order valence-corrected chi connectivity index (χ4v) is 4.21. The summed E-state index contributed by atoms with van der Waals surface area (Å²) >= 11 is 0. The van der Waals surface area contributed by atoms with Crippen molar-refractivity contribution in [3.05, 3.63) is 65.2 Å². The minimum absolute atomic E-state index is 0.0194. The number of nitrogens with zero attached hydrogens (tertiary/aromatic N) is 2. The van der Waals surface area contributed by atoms with E-state index in [-0.39, 0.29) is 12.1 Å². The normalized spacial score (nSPS) is 20.5. The van der Waals surface area contributed by atoms with Crippen LogP contribution >= 0.6 is 0 Å². The van der Waals surface area contributed by atoms with Gasteiger partial charge in [0.2, 0.25) is 0 Å². The molecule has 1 fully saturated rings. The molecule has 1 N–H and O–H groups in total. The summed E-state index contributed by atoms with van der Waals surface area (Å²) < 4.78 is 0. The third-order valence-electron chi connectivity index (χ3n) is 5.67. The molecule has 0 spiro atoms. The molecule has 1 atom stereocenters. The Morgan fingerprint density at radius 1 is 1.00 bits per heavy atom. The molecule has 136 valence electrons. The van der Waals surface area contributed by atoms with Gasteiger partial charge in [-0.2, -0.15) is 0 Å². The van der Waals surface area contributed by atoms with E-state index in [1.165, 1.54) is 29.5 Å². The number of aryl methyl sites for hydroxylation is 1. The quantitative estimate of drug-likeness (QED) is 0.886. The molecule has 1 aliphatic carbocycles. The lowest BCUT2D eigenvalue weighted by Gasteiger charge is -2.40. The number of nitrogens with one attached hydrogen (secondary N) is 1. The molecule has 26 heavy (non-hydrogen) atoms. The van der Waals surface area contributed by atoms with E-state index in [1.54, 1.807) is 0 Å². The molecule has 2 aliphatic rings. The van der Waals surface area contributed by atoms with Crippen LogP contribution in [0.5, 0.6) is 0 Å². The van der Waals surface area contributed by atoms with Crippen LogP contribution in [0.2, 0.25) is 0 Å². The van der Waals surface area contributed by atoms with Gasteiger partial charge in [-0.25, -0.2) is 4.79 Å². The maximum Gasteiger partial charge on any atom is 0.322 e. The minimum Gasteiger partial charge on any atom is -0.315 e. The molecular weight excluding hydrogens is 322 g/mol. The highest BCUT2D eigenvalue weighted by atomic mass is 16.2. The molecule has 0 radical (unpaired) electrons. The third kappa shape index (κ3) is 3.47. The Kier molecular flexibility index (Phi) is 4.93. The van der Waals surface area contributed by atoms with E-state index in [0.29, 0.717) is 0 Å². The number of hydrogen-bond acceptors (Lipinski definition) is 2. The first-order chi connectivity index (χ1) is 12.7. The maximum atomic E-state index is 13.1.